The van der Waals surface area contributed by atoms with Crippen LogP contribution in [0.3, 0.4) is 0 Å². The number of carbonyl (C=O) groups excluding carboxylic acids is 2. The normalized spacial score (nSPS) is 11.4. The molecular weight excluding hydrogens is 456 g/mol. The molecule has 0 heterocycles. The molecule has 4 aromatic rings. The molecule has 0 spiro atoms. The third-order valence-electron chi connectivity index (χ3n) is 6.54. The summed E-state index contributed by atoms with van der Waals surface area (Å²) in [6.45, 7) is 4.97. The molecule has 0 fully saturated rings. The minimum atomic E-state index is -0.395. The highest BCUT2D eigenvalue weighted by atomic mass is 16.2. The van der Waals surface area contributed by atoms with Gasteiger partial charge in [0.25, 0.3) is 0 Å². The minimum Gasteiger partial charge on any atom is -0.355 e. The van der Waals surface area contributed by atoms with Crippen molar-refractivity contribution in [2.75, 3.05) is 13.1 Å². The molecule has 37 heavy (non-hydrogen) atoms. The molecule has 4 rings (SSSR count). The van der Waals surface area contributed by atoms with Crippen LogP contribution in [0.4, 0.5) is 0 Å². The van der Waals surface area contributed by atoms with Crippen LogP contribution < -0.4 is 10.6 Å². The fraction of sp³-hybridized carbons (Fsp3) is 0.212. The Morgan fingerprint density at radius 2 is 0.757 bits per heavy atom. The van der Waals surface area contributed by atoms with Crippen molar-refractivity contribution in [2.24, 2.45) is 5.41 Å². The van der Waals surface area contributed by atoms with Gasteiger partial charge in [-0.1, -0.05) is 135 Å². The van der Waals surface area contributed by atoms with Crippen LogP contribution in [0.15, 0.2) is 121 Å². The molecule has 0 atom stereocenters. The third-order valence-corrected chi connectivity index (χ3v) is 6.54. The lowest BCUT2D eigenvalue weighted by molar-refractivity contribution is -0.122. The Bertz CT molecular complexity index is 1090. The van der Waals surface area contributed by atoms with Gasteiger partial charge in [-0.3, -0.25) is 9.59 Å². The lowest BCUT2D eigenvalue weighted by atomic mass is 9.88. The number of hydrogen-bond donors (Lipinski definition) is 2. The van der Waals surface area contributed by atoms with E-state index in [0.717, 1.165) is 22.3 Å². The highest BCUT2D eigenvalue weighted by Gasteiger charge is 2.28. The second-order valence-corrected chi connectivity index (χ2v) is 10.1. The van der Waals surface area contributed by atoms with E-state index < -0.39 is 11.8 Å². The molecule has 0 aliphatic heterocycles. The van der Waals surface area contributed by atoms with Crippen molar-refractivity contribution in [3.05, 3.63) is 144 Å². The highest BCUT2D eigenvalue weighted by Crippen LogP contribution is 2.27. The zero-order valence-corrected chi connectivity index (χ0v) is 21.4. The fourth-order valence-corrected chi connectivity index (χ4v) is 4.49. The van der Waals surface area contributed by atoms with Gasteiger partial charge >= 0.3 is 0 Å². The van der Waals surface area contributed by atoms with Crippen molar-refractivity contribution in [3.63, 3.8) is 0 Å². The molecule has 0 aliphatic rings. The molecule has 0 aliphatic carbocycles. The Hall–Kier alpha value is -4.18. The molecule has 0 aromatic heterocycles. The van der Waals surface area contributed by atoms with Crippen LogP contribution in [0, 0.1) is 5.41 Å². The summed E-state index contributed by atoms with van der Waals surface area (Å²) in [5.74, 6) is -0.895. The van der Waals surface area contributed by atoms with Crippen LogP contribution in [0.5, 0.6) is 0 Å². The molecule has 4 aromatic carbocycles. The highest BCUT2D eigenvalue weighted by molar-refractivity contribution is 5.88. The Morgan fingerprint density at radius 3 is 1.00 bits per heavy atom. The molecule has 0 saturated carbocycles. The quantitative estimate of drug-likeness (QED) is 0.290. The van der Waals surface area contributed by atoms with E-state index in [4.69, 9.17) is 0 Å². The van der Waals surface area contributed by atoms with Crippen LogP contribution >= 0.6 is 0 Å². The monoisotopic (exact) mass is 490 g/mol. The van der Waals surface area contributed by atoms with Gasteiger partial charge in [0.15, 0.2) is 0 Å². The third kappa shape index (κ3) is 6.95. The topological polar surface area (TPSA) is 58.2 Å². The molecule has 0 bridgehead atoms. The summed E-state index contributed by atoms with van der Waals surface area (Å²) in [6, 6.07) is 39.3. The molecule has 0 saturated heterocycles. The molecular formula is C33H34N2O2. The zero-order valence-electron chi connectivity index (χ0n) is 21.4. The SMILES string of the molecule is CC(C)(CNC(=O)C(c1ccccc1)c1ccccc1)CNC(=O)C(c1ccccc1)c1ccccc1. The second kappa shape index (κ2) is 12.2. The predicted octanol–water partition coefficient (Wildman–Crippen LogP) is 5.91. The van der Waals surface area contributed by atoms with Gasteiger partial charge < -0.3 is 10.6 Å². The molecule has 188 valence electrons. The smallest absolute Gasteiger partial charge is 0.232 e. The van der Waals surface area contributed by atoms with Gasteiger partial charge in [-0.25, -0.2) is 0 Å². The van der Waals surface area contributed by atoms with E-state index in [1.165, 1.54) is 0 Å². The van der Waals surface area contributed by atoms with Crippen LogP contribution in [-0.2, 0) is 9.59 Å². The maximum atomic E-state index is 13.4. The summed E-state index contributed by atoms with van der Waals surface area (Å²) < 4.78 is 0. The average molecular weight is 491 g/mol. The van der Waals surface area contributed by atoms with Crippen molar-refractivity contribution in [1.82, 2.24) is 10.6 Å². The Labute approximate surface area is 219 Å². The lowest BCUT2D eigenvalue weighted by Gasteiger charge is -2.28. The van der Waals surface area contributed by atoms with E-state index in [9.17, 15) is 9.59 Å². The van der Waals surface area contributed by atoms with Gasteiger partial charge in [-0.2, -0.15) is 0 Å². The maximum Gasteiger partial charge on any atom is 0.232 e. The zero-order chi connectivity index (χ0) is 26.1. The first-order valence-corrected chi connectivity index (χ1v) is 12.7. The number of carbonyl (C=O) groups is 2. The van der Waals surface area contributed by atoms with Gasteiger partial charge in [-0.05, 0) is 27.7 Å². The first-order valence-electron chi connectivity index (χ1n) is 12.7. The summed E-state index contributed by atoms with van der Waals surface area (Å²) in [5, 5.41) is 6.29. The van der Waals surface area contributed by atoms with Crippen molar-refractivity contribution in [2.45, 2.75) is 25.7 Å². The van der Waals surface area contributed by atoms with E-state index in [-0.39, 0.29) is 17.2 Å². The standard InChI is InChI=1S/C33H34N2O2/c1-33(2,23-34-31(36)29(25-15-7-3-8-16-25)26-17-9-4-10-18-26)24-35-32(37)30(27-19-11-5-12-20-27)28-21-13-6-14-22-28/h3-22,29-30H,23-24H2,1-2H3,(H,34,36)(H,35,37). The number of benzene rings is 4. The van der Waals surface area contributed by atoms with E-state index in [1.807, 2.05) is 135 Å². The lowest BCUT2D eigenvalue weighted by Crippen LogP contribution is -2.44. The van der Waals surface area contributed by atoms with E-state index in [1.54, 1.807) is 0 Å². The van der Waals surface area contributed by atoms with Crippen molar-refractivity contribution >= 4 is 11.8 Å². The largest absolute Gasteiger partial charge is 0.355 e. The van der Waals surface area contributed by atoms with Crippen molar-refractivity contribution in [3.8, 4) is 0 Å². The van der Waals surface area contributed by atoms with Crippen molar-refractivity contribution in [1.29, 1.82) is 0 Å². The molecule has 0 radical (unpaired) electrons. The van der Waals surface area contributed by atoms with Crippen LogP contribution in [0.1, 0.15) is 47.9 Å². The van der Waals surface area contributed by atoms with Crippen LogP contribution in [0.25, 0.3) is 0 Å². The van der Waals surface area contributed by atoms with Gasteiger partial charge in [-0.15, -0.1) is 0 Å². The molecule has 2 amide bonds. The van der Waals surface area contributed by atoms with E-state index in [0.29, 0.717) is 13.1 Å². The Kier molecular flexibility index (Phi) is 8.52. The second-order valence-electron chi connectivity index (χ2n) is 10.1. The van der Waals surface area contributed by atoms with Gasteiger partial charge in [0.05, 0.1) is 11.8 Å². The van der Waals surface area contributed by atoms with Crippen LogP contribution in [-0.4, -0.2) is 24.9 Å². The van der Waals surface area contributed by atoms with Crippen molar-refractivity contribution < 1.29 is 9.59 Å². The summed E-state index contributed by atoms with van der Waals surface area (Å²) >= 11 is 0. The summed E-state index contributed by atoms with van der Waals surface area (Å²) in [4.78, 5) is 26.8. The van der Waals surface area contributed by atoms with E-state index in [2.05, 4.69) is 10.6 Å². The predicted molar refractivity (Wildman–Crippen MR) is 149 cm³/mol. The fourth-order valence-electron chi connectivity index (χ4n) is 4.49. The van der Waals surface area contributed by atoms with Gasteiger partial charge in [0.2, 0.25) is 11.8 Å². The average Bonchev–Trinajstić information content (AvgIpc) is 2.94. The van der Waals surface area contributed by atoms with Crippen LogP contribution in [0.2, 0.25) is 0 Å². The Morgan fingerprint density at radius 1 is 0.514 bits per heavy atom. The van der Waals surface area contributed by atoms with Gasteiger partial charge in [0.1, 0.15) is 0 Å². The summed E-state index contributed by atoms with van der Waals surface area (Å²) in [6.07, 6.45) is 0. The van der Waals surface area contributed by atoms with Gasteiger partial charge in [0, 0.05) is 13.1 Å². The number of rotatable bonds is 10. The first-order chi connectivity index (χ1) is 17.9. The number of amides is 2. The maximum absolute atomic E-state index is 13.4. The molecule has 0 unspecified atom stereocenters. The number of nitrogens with one attached hydrogen (secondary N) is 2. The summed E-state index contributed by atoms with van der Waals surface area (Å²) in [7, 11) is 0. The minimum absolute atomic E-state index is 0.0525. The Balaban J connectivity index is 1.43. The molecule has 4 nitrogen and oxygen atoms in total. The van der Waals surface area contributed by atoms with E-state index >= 15 is 0 Å². The molecule has 2 N–H and O–H groups in total. The molecule has 4 heteroatoms. The first kappa shape index (κ1) is 25.9. The summed E-state index contributed by atoms with van der Waals surface area (Å²) in [5.41, 5.74) is 3.45. The number of hydrogen-bond acceptors (Lipinski definition) is 2.